The topological polar surface area (TPSA) is 103 Å². The zero-order chi connectivity index (χ0) is 22.0. The Labute approximate surface area is 173 Å². The summed E-state index contributed by atoms with van der Waals surface area (Å²) in [4.78, 5) is 13.1. The summed E-state index contributed by atoms with van der Waals surface area (Å²) in [7, 11) is 1.25. The van der Waals surface area contributed by atoms with E-state index in [1.165, 1.54) is 25.3 Å². The molecule has 1 saturated heterocycles. The Morgan fingerprint density at radius 2 is 1.90 bits per heavy atom. The van der Waals surface area contributed by atoms with Gasteiger partial charge in [-0.3, -0.25) is 4.79 Å². The first kappa shape index (κ1) is 20.6. The zero-order valence-electron chi connectivity index (χ0n) is 16.2. The van der Waals surface area contributed by atoms with Crippen LogP contribution >= 0.6 is 0 Å². The molecule has 3 aromatic rings. The van der Waals surface area contributed by atoms with Crippen molar-refractivity contribution in [2.75, 3.05) is 25.1 Å². The maximum atomic E-state index is 13.1. The standard InChI is InChI=1S/C19H16F3N5O4/c1-29-17(28)8-16-25-26-18(31-16)13-6-7-15(24-23-13)27-9-11(10-27)30-14-5-3-2-4-12(14)19(20,21)22/h2-7,11H,8-10H2,1H3. The molecule has 162 valence electrons. The van der Waals surface area contributed by atoms with E-state index in [1.807, 2.05) is 4.90 Å². The number of rotatable bonds is 6. The molecule has 4 rings (SSSR count). The van der Waals surface area contributed by atoms with Gasteiger partial charge in [-0.2, -0.15) is 13.2 Å². The van der Waals surface area contributed by atoms with Crippen LogP contribution in [-0.4, -0.2) is 52.7 Å². The number of aromatic nitrogens is 4. The molecule has 9 nitrogen and oxygen atoms in total. The molecule has 0 bridgehead atoms. The number of benzene rings is 1. The molecule has 0 unspecified atom stereocenters. The quantitative estimate of drug-likeness (QED) is 0.540. The Morgan fingerprint density at radius 3 is 2.58 bits per heavy atom. The molecule has 0 amide bonds. The molecule has 0 spiro atoms. The Bertz CT molecular complexity index is 1060. The summed E-state index contributed by atoms with van der Waals surface area (Å²) >= 11 is 0. The van der Waals surface area contributed by atoms with Gasteiger partial charge in [-0.05, 0) is 24.3 Å². The normalized spacial score (nSPS) is 14.3. The number of hydrogen-bond donors (Lipinski definition) is 0. The third kappa shape index (κ3) is 4.57. The van der Waals surface area contributed by atoms with Gasteiger partial charge in [0.1, 0.15) is 24.0 Å². The molecule has 0 aliphatic carbocycles. The highest BCUT2D eigenvalue weighted by Gasteiger charge is 2.36. The zero-order valence-corrected chi connectivity index (χ0v) is 16.2. The third-order valence-corrected chi connectivity index (χ3v) is 4.52. The summed E-state index contributed by atoms with van der Waals surface area (Å²) < 4.78 is 54.6. The van der Waals surface area contributed by atoms with Crippen molar-refractivity contribution in [2.45, 2.75) is 18.7 Å². The second-order valence-corrected chi connectivity index (χ2v) is 6.67. The van der Waals surface area contributed by atoms with Gasteiger partial charge in [-0.25, -0.2) is 0 Å². The number of hydrogen-bond acceptors (Lipinski definition) is 9. The van der Waals surface area contributed by atoms with Crippen LogP contribution in [-0.2, 0) is 22.1 Å². The SMILES string of the molecule is COC(=O)Cc1nnc(-c2ccc(N3CC(Oc4ccccc4C(F)(F)F)C3)nn2)o1. The monoisotopic (exact) mass is 435 g/mol. The minimum absolute atomic E-state index is 0.0922. The number of carbonyl (C=O) groups excluding carboxylic acids is 1. The first-order valence-electron chi connectivity index (χ1n) is 9.14. The van der Waals surface area contributed by atoms with E-state index < -0.39 is 23.8 Å². The molecule has 12 heteroatoms. The number of carbonyl (C=O) groups is 1. The van der Waals surface area contributed by atoms with E-state index in [-0.39, 0.29) is 24.0 Å². The van der Waals surface area contributed by atoms with Crippen LogP contribution in [0.2, 0.25) is 0 Å². The number of anilines is 1. The first-order chi connectivity index (χ1) is 14.8. The number of esters is 1. The van der Waals surface area contributed by atoms with Crippen LogP contribution in [0.25, 0.3) is 11.6 Å². The largest absolute Gasteiger partial charge is 0.486 e. The average molecular weight is 435 g/mol. The fourth-order valence-corrected chi connectivity index (χ4v) is 2.92. The van der Waals surface area contributed by atoms with Gasteiger partial charge >= 0.3 is 12.1 Å². The molecule has 0 atom stereocenters. The number of alkyl halides is 3. The van der Waals surface area contributed by atoms with Crippen molar-refractivity contribution in [3.05, 3.63) is 47.9 Å². The van der Waals surface area contributed by atoms with Gasteiger partial charge in [0.25, 0.3) is 5.89 Å². The molecule has 0 N–H and O–H groups in total. The van der Waals surface area contributed by atoms with Crippen molar-refractivity contribution in [3.8, 4) is 17.3 Å². The molecule has 3 heterocycles. The van der Waals surface area contributed by atoms with E-state index >= 15 is 0 Å². The van der Waals surface area contributed by atoms with E-state index in [0.29, 0.717) is 24.6 Å². The van der Waals surface area contributed by atoms with E-state index in [2.05, 4.69) is 25.1 Å². The second-order valence-electron chi connectivity index (χ2n) is 6.67. The van der Waals surface area contributed by atoms with Gasteiger partial charge in [-0.15, -0.1) is 20.4 Å². The molecule has 0 radical (unpaired) electrons. The molecule has 1 fully saturated rings. The molecule has 0 saturated carbocycles. The van der Waals surface area contributed by atoms with Crippen LogP contribution in [0.4, 0.5) is 19.0 Å². The predicted octanol–water partition coefficient (Wildman–Crippen LogP) is 2.53. The minimum atomic E-state index is -4.48. The highest BCUT2D eigenvalue weighted by Crippen LogP contribution is 2.37. The van der Waals surface area contributed by atoms with Gasteiger partial charge in [0.2, 0.25) is 5.89 Å². The smallest absolute Gasteiger partial charge is 0.419 e. The lowest BCUT2D eigenvalue weighted by molar-refractivity contribution is -0.140. The molecule has 31 heavy (non-hydrogen) atoms. The Kier molecular flexibility index (Phi) is 5.44. The summed E-state index contributed by atoms with van der Waals surface area (Å²) in [6, 6.07) is 8.40. The van der Waals surface area contributed by atoms with Gasteiger partial charge in [-0.1, -0.05) is 12.1 Å². The van der Waals surface area contributed by atoms with Gasteiger partial charge < -0.3 is 18.8 Å². The third-order valence-electron chi connectivity index (χ3n) is 4.52. The summed E-state index contributed by atoms with van der Waals surface area (Å²) in [6.07, 6.45) is -5.03. The van der Waals surface area contributed by atoms with Crippen LogP contribution in [0.5, 0.6) is 5.75 Å². The van der Waals surface area contributed by atoms with E-state index in [1.54, 1.807) is 12.1 Å². The number of para-hydroxylation sites is 1. The lowest BCUT2D eigenvalue weighted by atomic mass is 10.1. The lowest BCUT2D eigenvalue weighted by Crippen LogP contribution is -2.54. The van der Waals surface area contributed by atoms with E-state index in [9.17, 15) is 18.0 Å². The van der Waals surface area contributed by atoms with Crippen molar-refractivity contribution in [3.63, 3.8) is 0 Å². The predicted molar refractivity (Wildman–Crippen MR) is 99.1 cm³/mol. The number of ether oxygens (including phenoxy) is 2. The minimum Gasteiger partial charge on any atom is -0.486 e. The van der Waals surface area contributed by atoms with Crippen molar-refractivity contribution < 1.29 is 31.9 Å². The van der Waals surface area contributed by atoms with Crippen molar-refractivity contribution in [2.24, 2.45) is 0 Å². The molecule has 1 aliphatic rings. The molecule has 1 aliphatic heterocycles. The Morgan fingerprint density at radius 1 is 1.13 bits per heavy atom. The molecular formula is C19H16F3N5O4. The van der Waals surface area contributed by atoms with Crippen LogP contribution in [0.15, 0.2) is 40.8 Å². The fourth-order valence-electron chi connectivity index (χ4n) is 2.92. The van der Waals surface area contributed by atoms with Crippen LogP contribution < -0.4 is 9.64 Å². The Hall–Kier alpha value is -3.70. The molecular weight excluding hydrogens is 419 g/mol. The maximum absolute atomic E-state index is 13.1. The molecule has 2 aromatic heterocycles. The molecule has 1 aromatic carbocycles. The number of methoxy groups -OCH3 is 1. The van der Waals surface area contributed by atoms with E-state index in [0.717, 1.165) is 6.07 Å². The second kappa shape index (κ2) is 8.20. The van der Waals surface area contributed by atoms with Crippen molar-refractivity contribution in [1.29, 1.82) is 0 Å². The summed E-state index contributed by atoms with van der Waals surface area (Å²) in [5, 5.41) is 15.7. The average Bonchev–Trinajstić information content (AvgIpc) is 3.18. The van der Waals surface area contributed by atoms with Crippen LogP contribution in [0.1, 0.15) is 11.5 Å². The van der Waals surface area contributed by atoms with Crippen molar-refractivity contribution >= 4 is 11.8 Å². The van der Waals surface area contributed by atoms with Crippen LogP contribution in [0, 0.1) is 0 Å². The lowest BCUT2D eigenvalue weighted by Gasteiger charge is -2.39. The first-order valence-corrected chi connectivity index (χ1v) is 9.14. The Balaban J connectivity index is 1.36. The summed E-state index contributed by atoms with van der Waals surface area (Å²) in [5.74, 6) is 0.0208. The van der Waals surface area contributed by atoms with Gasteiger partial charge in [0, 0.05) is 0 Å². The number of halogens is 3. The van der Waals surface area contributed by atoms with Gasteiger partial charge in [0.15, 0.2) is 5.82 Å². The maximum Gasteiger partial charge on any atom is 0.419 e. The number of nitrogens with zero attached hydrogens (tertiary/aromatic N) is 5. The van der Waals surface area contributed by atoms with E-state index in [4.69, 9.17) is 9.15 Å². The van der Waals surface area contributed by atoms with Crippen LogP contribution in [0.3, 0.4) is 0 Å². The van der Waals surface area contributed by atoms with Gasteiger partial charge in [0.05, 0.1) is 25.8 Å². The highest BCUT2D eigenvalue weighted by atomic mass is 19.4. The summed E-state index contributed by atoms with van der Waals surface area (Å²) in [6.45, 7) is 0.730. The fraction of sp³-hybridized carbons (Fsp3) is 0.316. The summed E-state index contributed by atoms with van der Waals surface area (Å²) in [5.41, 5.74) is -0.483. The van der Waals surface area contributed by atoms with Crippen molar-refractivity contribution in [1.82, 2.24) is 20.4 Å². The highest BCUT2D eigenvalue weighted by molar-refractivity contribution is 5.71.